The lowest BCUT2D eigenvalue weighted by Gasteiger charge is -2.23. The van der Waals surface area contributed by atoms with Crippen molar-refractivity contribution in [3.63, 3.8) is 0 Å². The van der Waals surface area contributed by atoms with E-state index in [4.69, 9.17) is 14.2 Å². The SMILES string of the molecule is O=C(NCc1ccc2c(c1)OCO2)c1ccsc1NC(=O)[C@@H]1[C@H](C(=O)O)[C@@H]2CC[C@H]1O2. The normalized spacial score (nSPS) is 25.4. The Kier molecular flexibility index (Phi) is 5.03. The van der Waals surface area contributed by atoms with Crippen molar-refractivity contribution in [2.45, 2.75) is 31.6 Å². The summed E-state index contributed by atoms with van der Waals surface area (Å²) in [5, 5.41) is 17.2. The first kappa shape index (κ1) is 19.8. The van der Waals surface area contributed by atoms with E-state index in [1.165, 1.54) is 11.3 Å². The van der Waals surface area contributed by atoms with Crippen LogP contribution in [0.25, 0.3) is 0 Å². The number of rotatable bonds is 6. The number of fused-ring (bicyclic) bond motifs is 3. The molecule has 0 saturated carbocycles. The number of ether oxygens (including phenoxy) is 3. The van der Waals surface area contributed by atoms with Crippen LogP contribution in [0, 0.1) is 11.8 Å². The van der Waals surface area contributed by atoms with Crippen LogP contribution in [0.4, 0.5) is 5.00 Å². The molecule has 2 aromatic rings. The molecule has 2 fully saturated rings. The molecule has 2 amide bonds. The van der Waals surface area contributed by atoms with Crippen molar-refractivity contribution in [2.75, 3.05) is 12.1 Å². The Morgan fingerprint density at radius 2 is 1.84 bits per heavy atom. The third kappa shape index (κ3) is 3.61. The van der Waals surface area contributed by atoms with Gasteiger partial charge in [-0.1, -0.05) is 6.07 Å². The zero-order valence-electron chi connectivity index (χ0n) is 16.3. The average Bonchev–Trinajstić information content (AvgIpc) is 3.54. The van der Waals surface area contributed by atoms with Crippen LogP contribution >= 0.6 is 11.3 Å². The molecule has 9 nitrogen and oxygen atoms in total. The van der Waals surface area contributed by atoms with E-state index in [0.29, 0.717) is 34.9 Å². The predicted octanol–water partition coefficient (Wildman–Crippen LogP) is 2.22. The van der Waals surface area contributed by atoms with Gasteiger partial charge in [-0.2, -0.15) is 0 Å². The minimum absolute atomic E-state index is 0.180. The Morgan fingerprint density at radius 1 is 1.06 bits per heavy atom. The maximum atomic E-state index is 12.9. The van der Waals surface area contributed by atoms with Crippen LogP contribution < -0.4 is 20.1 Å². The maximum Gasteiger partial charge on any atom is 0.310 e. The van der Waals surface area contributed by atoms with Gasteiger partial charge in [0.2, 0.25) is 12.7 Å². The fourth-order valence-electron chi connectivity index (χ4n) is 4.43. The van der Waals surface area contributed by atoms with Gasteiger partial charge in [-0.25, -0.2) is 0 Å². The third-order valence-corrected chi connectivity index (χ3v) is 6.73. The molecule has 4 atom stereocenters. The van der Waals surface area contributed by atoms with E-state index in [-0.39, 0.29) is 19.2 Å². The van der Waals surface area contributed by atoms with E-state index >= 15 is 0 Å². The van der Waals surface area contributed by atoms with Crippen molar-refractivity contribution < 1.29 is 33.7 Å². The van der Waals surface area contributed by atoms with Gasteiger partial charge in [0.05, 0.1) is 29.6 Å². The summed E-state index contributed by atoms with van der Waals surface area (Å²) in [6, 6.07) is 7.06. The number of hydrogen-bond donors (Lipinski definition) is 3. The van der Waals surface area contributed by atoms with Crippen LogP contribution in [0.3, 0.4) is 0 Å². The van der Waals surface area contributed by atoms with Crippen molar-refractivity contribution in [1.29, 1.82) is 0 Å². The predicted molar refractivity (Wildman–Crippen MR) is 109 cm³/mol. The largest absolute Gasteiger partial charge is 0.481 e. The second-order valence-corrected chi connectivity index (χ2v) is 8.62. The van der Waals surface area contributed by atoms with Crippen LogP contribution in [-0.4, -0.2) is 41.9 Å². The zero-order valence-corrected chi connectivity index (χ0v) is 17.1. The molecule has 2 bridgehead atoms. The molecular formula is C21H20N2O7S. The molecule has 0 spiro atoms. The highest BCUT2D eigenvalue weighted by Crippen LogP contribution is 2.44. The summed E-state index contributed by atoms with van der Waals surface area (Å²) in [4.78, 5) is 37.2. The highest BCUT2D eigenvalue weighted by molar-refractivity contribution is 7.14. The number of thiophene rings is 1. The summed E-state index contributed by atoms with van der Waals surface area (Å²) in [5.41, 5.74) is 1.18. The molecule has 3 N–H and O–H groups in total. The first-order valence-electron chi connectivity index (χ1n) is 9.94. The number of carbonyl (C=O) groups excluding carboxylic acids is 2. The number of amides is 2. The van der Waals surface area contributed by atoms with Gasteiger partial charge in [0.1, 0.15) is 5.00 Å². The number of anilines is 1. The highest BCUT2D eigenvalue weighted by atomic mass is 32.1. The van der Waals surface area contributed by atoms with Gasteiger partial charge in [0, 0.05) is 6.54 Å². The van der Waals surface area contributed by atoms with Gasteiger partial charge in [-0.15, -0.1) is 11.3 Å². The Morgan fingerprint density at radius 3 is 2.65 bits per heavy atom. The van der Waals surface area contributed by atoms with Gasteiger partial charge in [-0.05, 0) is 42.0 Å². The molecule has 2 saturated heterocycles. The molecule has 3 aliphatic heterocycles. The molecule has 1 aromatic heterocycles. The minimum atomic E-state index is -1.03. The second kappa shape index (κ2) is 7.86. The van der Waals surface area contributed by atoms with Crippen molar-refractivity contribution in [3.05, 3.63) is 40.8 Å². The van der Waals surface area contributed by atoms with Crippen molar-refractivity contribution >= 4 is 34.1 Å². The molecule has 5 rings (SSSR count). The van der Waals surface area contributed by atoms with Gasteiger partial charge in [-0.3, -0.25) is 14.4 Å². The van der Waals surface area contributed by atoms with Gasteiger partial charge < -0.3 is 30.0 Å². The summed E-state index contributed by atoms with van der Waals surface area (Å²) >= 11 is 1.22. The molecular weight excluding hydrogens is 424 g/mol. The van der Waals surface area contributed by atoms with Crippen LogP contribution in [0.1, 0.15) is 28.8 Å². The standard InChI is InChI=1S/C21H20N2O7S/c24-18(22-8-10-1-2-12-15(7-10)29-9-28-12)11-5-6-31-20(11)23-19(25)16-13-3-4-14(30-13)17(16)21(26)27/h1-2,5-7,13-14,16-17H,3-4,8-9H2,(H,22,24)(H,23,25)(H,26,27)/t13-,14+,16+,17-/m1/s1. The van der Waals surface area contributed by atoms with E-state index in [1.807, 2.05) is 6.07 Å². The van der Waals surface area contributed by atoms with Crippen molar-refractivity contribution in [2.24, 2.45) is 11.8 Å². The Bertz CT molecular complexity index is 1050. The topological polar surface area (TPSA) is 123 Å². The summed E-state index contributed by atoms with van der Waals surface area (Å²) in [6.45, 7) is 0.458. The zero-order chi connectivity index (χ0) is 21.5. The van der Waals surface area contributed by atoms with Gasteiger partial charge >= 0.3 is 5.97 Å². The first-order valence-corrected chi connectivity index (χ1v) is 10.8. The van der Waals surface area contributed by atoms with E-state index < -0.39 is 35.9 Å². The van der Waals surface area contributed by atoms with Crippen LogP contribution in [0.5, 0.6) is 11.5 Å². The Balaban J connectivity index is 1.24. The highest BCUT2D eigenvalue weighted by Gasteiger charge is 2.55. The number of carboxylic acids is 1. The van der Waals surface area contributed by atoms with E-state index in [0.717, 1.165) is 5.56 Å². The smallest absolute Gasteiger partial charge is 0.310 e. The lowest BCUT2D eigenvalue weighted by molar-refractivity contribution is -0.147. The lowest BCUT2D eigenvalue weighted by Crippen LogP contribution is -2.41. The number of nitrogens with one attached hydrogen (secondary N) is 2. The molecule has 31 heavy (non-hydrogen) atoms. The molecule has 0 unspecified atom stereocenters. The Hall–Kier alpha value is -3.11. The molecule has 10 heteroatoms. The fourth-order valence-corrected chi connectivity index (χ4v) is 5.22. The van der Waals surface area contributed by atoms with Crippen molar-refractivity contribution in [3.8, 4) is 11.5 Å². The van der Waals surface area contributed by atoms with Gasteiger partial charge in [0.15, 0.2) is 11.5 Å². The molecule has 3 aliphatic rings. The summed E-state index contributed by atoms with van der Waals surface area (Å²) in [6.07, 6.45) is 0.498. The van der Waals surface area contributed by atoms with Crippen molar-refractivity contribution in [1.82, 2.24) is 5.32 Å². The molecule has 1 aromatic carbocycles. The number of aliphatic carboxylic acids is 1. The molecule has 162 valence electrons. The monoisotopic (exact) mass is 444 g/mol. The lowest BCUT2D eigenvalue weighted by atomic mass is 9.79. The molecule has 4 heterocycles. The summed E-state index contributed by atoms with van der Waals surface area (Å²) < 4.78 is 16.3. The fraction of sp³-hybridized carbons (Fsp3) is 0.381. The number of hydrogen-bond acceptors (Lipinski definition) is 7. The van der Waals surface area contributed by atoms with Crippen LogP contribution in [0.15, 0.2) is 29.6 Å². The van der Waals surface area contributed by atoms with Gasteiger partial charge in [0.25, 0.3) is 5.91 Å². The molecule has 0 aliphatic carbocycles. The minimum Gasteiger partial charge on any atom is -0.481 e. The quantitative estimate of drug-likeness (QED) is 0.624. The second-order valence-electron chi connectivity index (χ2n) is 7.70. The summed E-state index contributed by atoms with van der Waals surface area (Å²) in [5.74, 6) is -2.11. The van der Waals surface area contributed by atoms with E-state index in [9.17, 15) is 19.5 Å². The molecule has 0 radical (unpaired) electrons. The summed E-state index contributed by atoms with van der Waals surface area (Å²) in [7, 11) is 0. The van der Waals surface area contributed by atoms with E-state index in [1.54, 1.807) is 23.6 Å². The number of carbonyl (C=O) groups is 3. The first-order chi connectivity index (χ1) is 15.0. The van der Waals surface area contributed by atoms with Crippen LogP contribution in [0.2, 0.25) is 0 Å². The van der Waals surface area contributed by atoms with E-state index in [2.05, 4.69) is 10.6 Å². The third-order valence-electron chi connectivity index (χ3n) is 5.90. The average molecular weight is 444 g/mol. The number of carboxylic acid groups (broad SMARTS) is 1. The maximum absolute atomic E-state index is 12.9. The van der Waals surface area contributed by atoms with Crippen LogP contribution in [-0.2, 0) is 20.9 Å². The number of benzene rings is 1. The Labute approximate surface area is 181 Å².